The minimum Gasteiger partial charge on any atom is -0.478 e. The van der Waals surface area contributed by atoms with E-state index >= 15 is 0 Å². The number of aliphatic carboxylic acids is 2. The predicted octanol–water partition coefficient (Wildman–Crippen LogP) is 1.89. The fraction of sp³-hybridized carbons (Fsp3) is 0.609. The summed E-state index contributed by atoms with van der Waals surface area (Å²) in [5, 5.41) is 31.8. The second-order valence-electron chi connectivity index (χ2n) is 8.67. The van der Waals surface area contributed by atoms with Crippen LogP contribution < -0.4 is 5.32 Å². The lowest BCUT2D eigenvalue weighted by Crippen LogP contribution is -2.40. The molecule has 0 radical (unpaired) electrons. The molecule has 0 amide bonds. The van der Waals surface area contributed by atoms with E-state index in [9.17, 15) is 24.6 Å². The normalized spacial score (nSPS) is 28.6. The van der Waals surface area contributed by atoms with Crippen LogP contribution in [0.2, 0.25) is 0 Å². The molecule has 10 nitrogen and oxygen atoms in total. The lowest BCUT2D eigenvalue weighted by atomic mass is 9.86. The summed E-state index contributed by atoms with van der Waals surface area (Å²) in [5.74, 6) is -4.00. The number of nitrogens with zero attached hydrogens (tertiary/aromatic N) is 2. The lowest BCUT2D eigenvalue weighted by molar-refractivity contribution is -0.150. The van der Waals surface area contributed by atoms with Gasteiger partial charge < -0.3 is 25.4 Å². The number of aliphatic imine (C=N–C) groups is 2. The molecule has 0 spiro atoms. The number of aliphatic hydroxyl groups excluding tert-OH is 1. The Balaban J connectivity index is 2.19. The molecule has 1 fully saturated rings. The third kappa shape index (κ3) is 6.47. The maximum atomic E-state index is 12.3. The van der Waals surface area contributed by atoms with E-state index in [1.807, 2.05) is 13.8 Å². The number of ether oxygens (including phenoxy) is 1. The molecule has 0 bridgehead atoms. The van der Waals surface area contributed by atoms with Crippen molar-refractivity contribution >= 4 is 41.1 Å². The average Bonchev–Trinajstić information content (AvgIpc) is 3.34. The van der Waals surface area contributed by atoms with Crippen LogP contribution in [0, 0.1) is 11.8 Å². The van der Waals surface area contributed by atoms with Gasteiger partial charge in [0, 0.05) is 35.2 Å². The zero-order chi connectivity index (χ0) is 25.7. The molecule has 2 aliphatic heterocycles. The number of nitrogens with one attached hydrogen (secondary N) is 1. The monoisotopic (exact) mass is 495 g/mol. The molecule has 6 unspecified atom stereocenters. The SMILES string of the molecule is COC(=O)C(C(C)O)C1N=C(C(=O)O)C(SC2CN/C(=C(C)/N=C(C)\C=C(/C)C(=O)O)C2)C1C. The molecule has 4 N–H and O–H groups in total. The molecule has 188 valence electrons. The van der Waals surface area contributed by atoms with Crippen LogP contribution in [0.25, 0.3) is 0 Å². The minimum atomic E-state index is -1.14. The number of carboxylic acids is 2. The Hall–Kier alpha value is -2.66. The molecule has 34 heavy (non-hydrogen) atoms. The number of rotatable bonds is 9. The second kappa shape index (κ2) is 11.7. The number of esters is 1. The van der Waals surface area contributed by atoms with Crippen LogP contribution >= 0.6 is 11.8 Å². The van der Waals surface area contributed by atoms with Gasteiger partial charge in [-0.05, 0) is 39.7 Å². The maximum absolute atomic E-state index is 12.3. The van der Waals surface area contributed by atoms with Crippen LogP contribution in [0.4, 0.5) is 0 Å². The van der Waals surface area contributed by atoms with Gasteiger partial charge in [0.1, 0.15) is 11.6 Å². The number of carbonyl (C=O) groups excluding carboxylic acids is 1. The third-order valence-corrected chi connectivity index (χ3v) is 7.68. The quantitative estimate of drug-likeness (QED) is 0.213. The van der Waals surface area contributed by atoms with Crippen molar-refractivity contribution in [2.45, 2.75) is 63.7 Å². The summed E-state index contributed by atoms with van der Waals surface area (Å²) in [6.45, 7) is 8.99. The first kappa shape index (κ1) is 27.6. The van der Waals surface area contributed by atoms with E-state index in [-0.39, 0.29) is 22.5 Å². The smallest absolute Gasteiger partial charge is 0.350 e. The molecule has 11 heteroatoms. The number of aliphatic hydroxyl groups is 1. The summed E-state index contributed by atoms with van der Waals surface area (Å²) >= 11 is 1.49. The Labute approximate surface area is 203 Å². The van der Waals surface area contributed by atoms with Gasteiger partial charge in [-0.3, -0.25) is 14.8 Å². The van der Waals surface area contributed by atoms with Crippen LogP contribution in [0.3, 0.4) is 0 Å². The van der Waals surface area contributed by atoms with Gasteiger partial charge in [0.05, 0.1) is 30.2 Å². The number of allylic oxidation sites excluding steroid dienone is 3. The fourth-order valence-corrected chi connectivity index (χ4v) is 5.79. The zero-order valence-electron chi connectivity index (χ0n) is 20.2. The first-order valence-electron chi connectivity index (χ1n) is 11.0. The highest BCUT2D eigenvalue weighted by molar-refractivity contribution is 8.01. The maximum Gasteiger partial charge on any atom is 0.350 e. The van der Waals surface area contributed by atoms with E-state index in [4.69, 9.17) is 9.84 Å². The number of hydrogen-bond acceptors (Lipinski definition) is 9. The van der Waals surface area contributed by atoms with Crippen molar-refractivity contribution in [2.75, 3.05) is 13.7 Å². The van der Waals surface area contributed by atoms with Gasteiger partial charge in [0.2, 0.25) is 0 Å². The van der Waals surface area contributed by atoms with Crippen molar-refractivity contribution in [1.29, 1.82) is 0 Å². The number of carbonyl (C=O) groups is 3. The van der Waals surface area contributed by atoms with Crippen LogP contribution in [0.15, 0.2) is 33.0 Å². The number of methoxy groups -OCH3 is 1. The third-order valence-electron chi connectivity index (χ3n) is 6.01. The molecule has 6 atom stereocenters. The summed E-state index contributed by atoms with van der Waals surface area (Å²) in [6.07, 6.45) is 1.10. The molecule has 2 aliphatic rings. The van der Waals surface area contributed by atoms with Gasteiger partial charge >= 0.3 is 17.9 Å². The minimum absolute atomic E-state index is 0.00523. The van der Waals surface area contributed by atoms with Crippen molar-refractivity contribution < 1.29 is 34.4 Å². The van der Waals surface area contributed by atoms with Gasteiger partial charge in [-0.1, -0.05) is 6.92 Å². The lowest BCUT2D eigenvalue weighted by Gasteiger charge is -2.28. The summed E-state index contributed by atoms with van der Waals surface area (Å²) in [4.78, 5) is 44.0. The molecular weight excluding hydrogens is 462 g/mol. The Kier molecular flexibility index (Phi) is 9.45. The highest BCUT2D eigenvalue weighted by Crippen LogP contribution is 2.40. The van der Waals surface area contributed by atoms with Crippen LogP contribution in [-0.2, 0) is 19.1 Å². The molecule has 0 saturated carbocycles. The van der Waals surface area contributed by atoms with Crippen molar-refractivity contribution in [3.05, 3.63) is 23.0 Å². The Bertz CT molecular complexity index is 954. The summed E-state index contributed by atoms with van der Waals surface area (Å²) < 4.78 is 4.82. The highest BCUT2D eigenvalue weighted by atomic mass is 32.2. The molecule has 2 rings (SSSR count). The first-order valence-corrected chi connectivity index (χ1v) is 11.9. The average molecular weight is 496 g/mol. The van der Waals surface area contributed by atoms with Crippen molar-refractivity contribution in [2.24, 2.45) is 21.8 Å². The Morgan fingerprint density at radius 3 is 2.44 bits per heavy atom. The highest BCUT2D eigenvalue weighted by Gasteiger charge is 2.48. The van der Waals surface area contributed by atoms with Gasteiger partial charge in [-0.25, -0.2) is 9.59 Å². The number of thioether (sulfide) groups is 1. The molecule has 0 aromatic carbocycles. The zero-order valence-corrected chi connectivity index (χ0v) is 21.0. The van der Waals surface area contributed by atoms with Gasteiger partial charge in [-0.15, -0.1) is 11.8 Å². The van der Waals surface area contributed by atoms with Crippen LogP contribution in [-0.4, -0.2) is 81.0 Å². The van der Waals surface area contributed by atoms with Gasteiger partial charge in [0.15, 0.2) is 0 Å². The van der Waals surface area contributed by atoms with E-state index in [2.05, 4.69) is 15.3 Å². The standard InChI is InChI=1S/C23H33N3O7S/c1-10(21(28)29)7-11(2)25-13(4)16-8-15(9-24-16)34-20-12(3)18(26-19(20)22(30)31)17(14(5)27)23(32)33-6/h7,12,14-15,17-18,20,24,27H,8-9H2,1-6H3,(H,28,29)(H,30,31)/b10-7+,16-13+,25-11-. The van der Waals surface area contributed by atoms with Crippen LogP contribution in [0.1, 0.15) is 41.0 Å². The largest absolute Gasteiger partial charge is 0.478 e. The van der Waals surface area contributed by atoms with Gasteiger partial charge in [0.25, 0.3) is 0 Å². The topological polar surface area (TPSA) is 158 Å². The summed E-state index contributed by atoms with van der Waals surface area (Å²) in [6, 6.07) is -0.696. The van der Waals surface area contributed by atoms with Crippen molar-refractivity contribution in [1.82, 2.24) is 5.32 Å². The molecule has 0 aromatic rings. The van der Waals surface area contributed by atoms with E-state index in [0.29, 0.717) is 18.7 Å². The summed E-state index contributed by atoms with van der Waals surface area (Å²) in [5.41, 5.74) is 2.40. The second-order valence-corrected chi connectivity index (χ2v) is 10.1. The van der Waals surface area contributed by atoms with E-state index in [0.717, 1.165) is 11.4 Å². The number of carboxylic acid groups (broad SMARTS) is 2. The van der Waals surface area contributed by atoms with Crippen molar-refractivity contribution in [3.8, 4) is 0 Å². The Morgan fingerprint density at radius 1 is 1.26 bits per heavy atom. The molecule has 0 aromatic heterocycles. The molecular formula is C23H33N3O7S. The van der Waals surface area contributed by atoms with E-state index in [1.165, 1.54) is 38.8 Å². The molecule has 0 aliphatic carbocycles. The number of hydrogen-bond donors (Lipinski definition) is 4. The molecule has 1 saturated heterocycles. The predicted molar refractivity (Wildman–Crippen MR) is 130 cm³/mol. The van der Waals surface area contributed by atoms with Gasteiger partial charge in [-0.2, -0.15) is 0 Å². The Morgan fingerprint density at radius 2 is 1.91 bits per heavy atom. The molecule has 2 heterocycles. The van der Waals surface area contributed by atoms with Crippen LogP contribution in [0.5, 0.6) is 0 Å². The van der Waals surface area contributed by atoms with Crippen molar-refractivity contribution in [3.63, 3.8) is 0 Å². The van der Waals surface area contributed by atoms with E-state index in [1.54, 1.807) is 6.92 Å². The summed E-state index contributed by atoms with van der Waals surface area (Å²) in [7, 11) is 1.23. The van der Waals surface area contributed by atoms with E-state index < -0.39 is 41.2 Å². The fourth-order valence-electron chi connectivity index (χ4n) is 4.24. The first-order chi connectivity index (χ1) is 15.9.